The predicted octanol–water partition coefficient (Wildman–Crippen LogP) is 0.558. The summed E-state index contributed by atoms with van der Waals surface area (Å²) in [6, 6.07) is 1.84. The summed E-state index contributed by atoms with van der Waals surface area (Å²) in [5, 5.41) is 1.98. The molecule has 78 valence electrons. The van der Waals surface area contributed by atoms with Crippen molar-refractivity contribution in [1.82, 2.24) is 0 Å². The summed E-state index contributed by atoms with van der Waals surface area (Å²) in [5.41, 5.74) is 11.9. The third-order valence-corrected chi connectivity index (χ3v) is 2.93. The highest BCUT2D eigenvalue weighted by Crippen LogP contribution is 2.22. The lowest BCUT2D eigenvalue weighted by Crippen LogP contribution is -2.23. The number of rotatable bonds is 5. The highest BCUT2D eigenvalue weighted by molar-refractivity contribution is 7.10. The largest absolute Gasteiger partial charge is 0.370 e. The lowest BCUT2D eigenvalue weighted by atomic mass is 10.2. The molecule has 0 radical (unpaired) electrons. The lowest BCUT2D eigenvalue weighted by molar-refractivity contribution is -0.122. The number of hydrogen-bond acceptors (Lipinski definition) is 4. The molecule has 0 spiro atoms. The first-order chi connectivity index (χ1) is 6.61. The minimum Gasteiger partial charge on any atom is -0.370 e. The van der Waals surface area contributed by atoms with Gasteiger partial charge in [0, 0.05) is 4.88 Å². The van der Waals surface area contributed by atoms with Crippen molar-refractivity contribution in [3.8, 4) is 0 Å². The van der Waals surface area contributed by atoms with Gasteiger partial charge in [-0.15, -0.1) is 11.3 Å². The number of nitrogens with two attached hydrogens (primary N) is 2. The van der Waals surface area contributed by atoms with Crippen LogP contribution in [0.4, 0.5) is 0 Å². The van der Waals surface area contributed by atoms with Crippen LogP contribution in [-0.2, 0) is 9.53 Å². The molecule has 0 aliphatic carbocycles. The highest BCUT2D eigenvalue weighted by Gasteiger charge is 2.10. The molecule has 1 unspecified atom stereocenters. The first kappa shape index (κ1) is 11.2. The van der Waals surface area contributed by atoms with Crippen molar-refractivity contribution in [3.63, 3.8) is 0 Å². The Balaban J connectivity index is 2.39. The topological polar surface area (TPSA) is 78.3 Å². The Labute approximate surface area is 86.9 Å². The van der Waals surface area contributed by atoms with Gasteiger partial charge in [-0.25, -0.2) is 0 Å². The minimum atomic E-state index is -0.472. The Morgan fingerprint density at radius 1 is 1.71 bits per heavy atom. The molecule has 1 heterocycles. The molecule has 0 saturated carbocycles. The zero-order valence-corrected chi connectivity index (χ0v) is 8.84. The van der Waals surface area contributed by atoms with Gasteiger partial charge in [-0.3, -0.25) is 4.79 Å². The van der Waals surface area contributed by atoms with Crippen LogP contribution in [0.15, 0.2) is 11.4 Å². The monoisotopic (exact) mass is 214 g/mol. The smallest absolute Gasteiger partial charge is 0.243 e. The van der Waals surface area contributed by atoms with E-state index in [-0.39, 0.29) is 12.6 Å². The van der Waals surface area contributed by atoms with Gasteiger partial charge in [0.15, 0.2) is 0 Å². The number of aryl methyl sites for hydroxylation is 1. The Morgan fingerprint density at radius 3 is 2.93 bits per heavy atom. The maximum absolute atomic E-state index is 10.4. The number of primary amides is 1. The van der Waals surface area contributed by atoms with E-state index < -0.39 is 5.91 Å². The number of thiophene rings is 1. The van der Waals surface area contributed by atoms with Crippen LogP contribution in [0.25, 0.3) is 0 Å². The summed E-state index contributed by atoms with van der Waals surface area (Å²) in [7, 11) is 0. The molecular weight excluding hydrogens is 200 g/mol. The van der Waals surface area contributed by atoms with Crippen LogP contribution in [0.5, 0.6) is 0 Å². The number of amides is 1. The second-order valence-corrected chi connectivity index (χ2v) is 4.00. The van der Waals surface area contributed by atoms with E-state index in [1.165, 1.54) is 0 Å². The van der Waals surface area contributed by atoms with Crippen LogP contribution in [0, 0.1) is 6.92 Å². The van der Waals surface area contributed by atoms with Crippen molar-refractivity contribution >= 4 is 17.2 Å². The number of carbonyl (C=O) groups is 1. The zero-order valence-electron chi connectivity index (χ0n) is 8.03. The molecule has 0 saturated heterocycles. The van der Waals surface area contributed by atoms with Gasteiger partial charge in [-0.1, -0.05) is 0 Å². The number of ether oxygens (including phenoxy) is 1. The third-order valence-electron chi connectivity index (χ3n) is 1.78. The second kappa shape index (κ2) is 5.09. The van der Waals surface area contributed by atoms with E-state index in [0.29, 0.717) is 6.61 Å². The molecule has 1 atom stereocenters. The third kappa shape index (κ3) is 3.10. The maximum atomic E-state index is 10.4. The van der Waals surface area contributed by atoms with E-state index >= 15 is 0 Å². The summed E-state index contributed by atoms with van der Waals surface area (Å²) in [4.78, 5) is 11.5. The molecule has 14 heavy (non-hydrogen) atoms. The molecule has 0 bridgehead atoms. The van der Waals surface area contributed by atoms with Crippen molar-refractivity contribution in [1.29, 1.82) is 0 Å². The molecule has 1 amide bonds. The van der Waals surface area contributed by atoms with Crippen molar-refractivity contribution < 1.29 is 9.53 Å². The van der Waals surface area contributed by atoms with E-state index in [4.69, 9.17) is 16.2 Å². The molecule has 1 aromatic heterocycles. The fourth-order valence-corrected chi connectivity index (χ4v) is 2.04. The minimum absolute atomic E-state index is 0.0713. The quantitative estimate of drug-likeness (QED) is 0.751. The number of carbonyl (C=O) groups excluding carboxylic acids is 1. The zero-order chi connectivity index (χ0) is 10.6. The molecule has 0 fully saturated rings. The first-order valence-corrected chi connectivity index (χ1v) is 5.15. The van der Waals surface area contributed by atoms with Crippen LogP contribution in [0.2, 0.25) is 0 Å². The molecule has 4 nitrogen and oxygen atoms in total. The van der Waals surface area contributed by atoms with E-state index in [0.717, 1.165) is 10.4 Å². The van der Waals surface area contributed by atoms with E-state index in [1.807, 2.05) is 18.4 Å². The van der Waals surface area contributed by atoms with Crippen molar-refractivity contribution in [2.24, 2.45) is 11.5 Å². The van der Waals surface area contributed by atoms with Gasteiger partial charge in [-0.2, -0.15) is 0 Å². The Hall–Kier alpha value is -0.910. The molecular formula is C9H14N2O2S. The van der Waals surface area contributed by atoms with Crippen molar-refractivity contribution in [2.45, 2.75) is 13.0 Å². The van der Waals surface area contributed by atoms with Crippen LogP contribution in [-0.4, -0.2) is 19.1 Å². The number of hydrogen-bond donors (Lipinski definition) is 2. The summed E-state index contributed by atoms with van der Waals surface area (Å²) < 4.78 is 5.04. The second-order valence-electron chi connectivity index (χ2n) is 3.06. The summed E-state index contributed by atoms with van der Waals surface area (Å²) in [6.45, 7) is 2.25. The molecule has 5 heteroatoms. The molecule has 0 aliphatic rings. The standard InChI is InChI=1S/C9H14N2O2S/c1-6-2-3-14-9(6)7(10)4-13-5-8(11)12/h2-3,7H,4-5,10H2,1H3,(H2,11,12). The summed E-state index contributed by atoms with van der Waals surface area (Å²) in [6.07, 6.45) is 0. The molecule has 1 rings (SSSR count). The normalized spacial score (nSPS) is 12.7. The van der Waals surface area contributed by atoms with E-state index in [2.05, 4.69) is 0 Å². The van der Waals surface area contributed by atoms with Crippen LogP contribution >= 0.6 is 11.3 Å². The van der Waals surface area contributed by atoms with Crippen LogP contribution < -0.4 is 11.5 Å². The maximum Gasteiger partial charge on any atom is 0.243 e. The molecule has 0 aliphatic heterocycles. The van der Waals surface area contributed by atoms with Crippen molar-refractivity contribution in [2.75, 3.05) is 13.2 Å². The average Bonchev–Trinajstić information content (AvgIpc) is 2.50. The predicted molar refractivity (Wildman–Crippen MR) is 56.0 cm³/mol. The van der Waals surface area contributed by atoms with Gasteiger partial charge < -0.3 is 16.2 Å². The van der Waals surface area contributed by atoms with E-state index in [9.17, 15) is 4.79 Å². The average molecular weight is 214 g/mol. The van der Waals surface area contributed by atoms with Gasteiger partial charge in [-0.05, 0) is 23.9 Å². The summed E-state index contributed by atoms with van der Waals surface area (Å²) >= 11 is 1.60. The van der Waals surface area contributed by atoms with Crippen LogP contribution in [0.1, 0.15) is 16.5 Å². The van der Waals surface area contributed by atoms with Gasteiger partial charge >= 0.3 is 0 Å². The van der Waals surface area contributed by atoms with E-state index in [1.54, 1.807) is 11.3 Å². The Morgan fingerprint density at radius 2 is 2.43 bits per heavy atom. The summed E-state index contributed by atoms with van der Waals surface area (Å²) in [5.74, 6) is -0.472. The fourth-order valence-electron chi connectivity index (χ4n) is 1.13. The lowest BCUT2D eigenvalue weighted by Gasteiger charge is -2.10. The SMILES string of the molecule is Cc1ccsc1C(N)COCC(N)=O. The fraction of sp³-hybridized carbons (Fsp3) is 0.444. The molecule has 0 aromatic carbocycles. The Bertz CT molecular complexity index is 312. The van der Waals surface area contributed by atoms with Crippen molar-refractivity contribution in [3.05, 3.63) is 21.9 Å². The van der Waals surface area contributed by atoms with Gasteiger partial charge in [0.2, 0.25) is 5.91 Å². The van der Waals surface area contributed by atoms with Crippen LogP contribution in [0.3, 0.4) is 0 Å². The van der Waals surface area contributed by atoms with Gasteiger partial charge in [0.1, 0.15) is 6.61 Å². The highest BCUT2D eigenvalue weighted by atomic mass is 32.1. The Kier molecular flexibility index (Phi) is 4.06. The van der Waals surface area contributed by atoms with Gasteiger partial charge in [0.05, 0.1) is 12.6 Å². The molecule has 1 aromatic rings. The molecule has 4 N–H and O–H groups in total. The first-order valence-electron chi connectivity index (χ1n) is 4.27. The van der Waals surface area contributed by atoms with Gasteiger partial charge in [0.25, 0.3) is 0 Å².